The van der Waals surface area contributed by atoms with Crippen molar-refractivity contribution in [1.82, 2.24) is 4.90 Å². The maximum atomic E-state index is 13.0. The van der Waals surface area contributed by atoms with Crippen LogP contribution in [0.2, 0.25) is 0 Å². The molecule has 0 aromatic heterocycles. The van der Waals surface area contributed by atoms with Crippen LogP contribution in [0.3, 0.4) is 0 Å². The lowest BCUT2D eigenvalue weighted by Crippen LogP contribution is -2.57. The Morgan fingerprint density at radius 3 is 2.74 bits per heavy atom. The first-order chi connectivity index (χ1) is 10.6. The van der Waals surface area contributed by atoms with Gasteiger partial charge in [0.1, 0.15) is 11.7 Å². The molecule has 4 nitrogen and oxygen atoms in total. The molecule has 2 aliphatic carbocycles. The van der Waals surface area contributed by atoms with Crippen molar-refractivity contribution in [3.05, 3.63) is 11.6 Å². The van der Waals surface area contributed by atoms with Crippen molar-refractivity contribution in [3.63, 3.8) is 0 Å². The molecule has 6 heteroatoms. The van der Waals surface area contributed by atoms with Gasteiger partial charge in [0.25, 0.3) is 0 Å². The highest BCUT2D eigenvalue weighted by Crippen LogP contribution is 2.44. The summed E-state index contributed by atoms with van der Waals surface area (Å²) in [7, 11) is 0. The summed E-state index contributed by atoms with van der Waals surface area (Å²) in [5.41, 5.74) is -1.16. The minimum Gasteiger partial charge on any atom is -0.368 e. The Morgan fingerprint density at radius 2 is 2.13 bits per heavy atom. The Balaban J connectivity index is 1.73. The van der Waals surface area contributed by atoms with Gasteiger partial charge in [-0.05, 0) is 18.4 Å². The number of hydrogen-bond donors (Lipinski definition) is 0. The predicted molar refractivity (Wildman–Crippen MR) is 79.9 cm³/mol. The van der Waals surface area contributed by atoms with Crippen LogP contribution < -0.4 is 0 Å². The molecule has 0 aromatic carbocycles. The lowest BCUT2D eigenvalue weighted by molar-refractivity contribution is -0.145. The average molecular weight is 324 g/mol. The molecule has 1 saturated carbocycles. The number of carbonyl (C=O) groups excluding carboxylic acids is 1. The highest BCUT2D eigenvalue weighted by molar-refractivity contribution is 6.03. The van der Waals surface area contributed by atoms with Crippen LogP contribution in [-0.2, 0) is 9.53 Å². The molecule has 1 heterocycles. The van der Waals surface area contributed by atoms with E-state index in [1.165, 1.54) is 0 Å². The number of rotatable bonds is 2. The number of ether oxygens (including phenoxy) is 1. The quantitative estimate of drug-likeness (QED) is 0.783. The molecule has 0 bridgehead atoms. The van der Waals surface area contributed by atoms with Crippen molar-refractivity contribution in [1.29, 1.82) is 5.26 Å². The first kappa shape index (κ1) is 16.5. The number of Topliss-reactive ketones (excluding diaryl/α,β-unsaturated/α-hetero) is 1. The predicted octanol–water partition coefficient (Wildman–Crippen LogP) is 2.55. The summed E-state index contributed by atoms with van der Waals surface area (Å²) >= 11 is 0. The fraction of sp³-hybridized carbons (Fsp3) is 0.765. The second-order valence-electron chi connectivity index (χ2n) is 7.84. The Hall–Kier alpha value is -1.32. The van der Waals surface area contributed by atoms with Crippen molar-refractivity contribution >= 4 is 5.78 Å². The molecule has 126 valence electrons. The Labute approximate surface area is 135 Å². The third-order valence-electron chi connectivity index (χ3n) is 5.11. The van der Waals surface area contributed by atoms with Crippen LogP contribution in [-0.4, -0.2) is 48.4 Å². The maximum absolute atomic E-state index is 13.0. The third kappa shape index (κ3) is 3.17. The SMILES string of the molecule is CC1(C)CC2(C=C(C#N)C1=O)CN(CC1CC(F)(F)C1)CCO2. The minimum absolute atomic E-state index is 0.0257. The highest BCUT2D eigenvalue weighted by atomic mass is 19.3. The number of hydrogen-bond acceptors (Lipinski definition) is 4. The van der Waals surface area contributed by atoms with Crippen LogP contribution in [0.4, 0.5) is 8.78 Å². The molecule has 0 N–H and O–H groups in total. The highest BCUT2D eigenvalue weighted by Gasteiger charge is 2.50. The van der Waals surface area contributed by atoms with Crippen molar-refractivity contribution < 1.29 is 18.3 Å². The van der Waals surface area contributed by atoms with Gasteiger partial charge in [-0.1, -0.05) is 13.8 Å². The fourth-order valence-corrected chi connectivity index (χ4v) is 4.17. The zero-order valence-corrected chi connectivity index (χ0v) is 13.6. The lowest BCUT2D eigenvalue weighted by Gasteiger charge is -2.48. The number of morpholine rings is 1. The van der Waals surface area contributed by atoms with E-state index in [0.717, 1.165) is 0 Å². The van der Waals surface area contributed by atoms with E-state index in [1.807, 2.05) is 19.9 Å². The number of alkyl halides is 2. The molecule has 0 aromatic rings. The number of carbonyl (C=O) groups is 1. The van der Waals surface area contributed by atoms with Gasteiger partial charge in [-0.15, -0.1) is 0 Å². The van der Waals surface area contributed by atoms with Crippen LogP contribution in [0, 0.1) is 22.7 Å². The number of nitriles is 1. The molecule has 0 radical (unpaired) electrons. The zero-order chi connectivity index (χ0) is 16.9. The summed E-state index contributed by atoms with van der Waals surface area (Å²) in [5, 5.41) is 9.23. The summed E-state index contributed by atoms with van der Waals surface area (Å²) in [6.45, 7) is 6.03. The number of nitrogens with zero attached hydrogens (tertiary/aromatic N) is 2. The van der Waals surface area contributed by atoms with Crippen LogP contribution in [0.25, 0.3) is 0 Å². The van der Waals surface area contributed by atoms with E-state index < -0.39 is 16.9 Å². The van der Waals surface area contributed by atoms with E-state index in [4.69, 9.17) is 4.74 Å². The van der Waals surface area contributed by atoms with E-state index in [9.17, 15) is 18.8 Å². The van der Waals surface area contributed by atoms with Gasteiger partial charge in [0, 0.05) is 37.9 Å². The second kappa shape index (κ2) is 5.35. The van der Waals surface area contributed by atoms with Gasteiger partial charge >= 0.3 is 0 Å². The van der Waals surface area contributed by atoms with Crippen LogP contribution >= 0.6 is 0 Å². The fourth-order valence-electron chi connectivity index (χ4n) is 4.17. The van der Waals surface area contributed by atoms with Crippen LogP contribution in [0.15, 0.2) is 11.6 Å². The molecular formula is C17H22F2N2O2. The summed E-state index contributed by atoms with van der Waals surface area (Å²) < 4.78 is 32.0. The Bertz CT molecular complexity index is 586. The molecule has 3 rings (SSSR count). The van der Waals surface area contributed by atoms with Gasteiger partial charge in [-0.3, -0.25) is 9.69 Å². The third-order valence-corrected chi connectivity index (χ3v) is 5.11. The number of halogens is 2. The molecule has 23 heavy (non-hydrogen) atoms. The molecule has 1 unspecified atom stereocenters. The molecule has 1 aliphatic heterocycles. The van der Waals surface area contributed by atoms with E-state index in [2.05, 4.69) is 4.90 Å². The average Bonchev–Trinajstić information content (AvgIpc) is 2.41. The maximum Gasteiger partial charge on any atom is 0.248 e. The topological polar surface area (TPSA) is 53.3 Å². The minimum atomic E-state index is -2.50. The lowest BCUT2D eigenvalue weighted by atomic mass is 9.69. The van der Waals surface area contributed by atoms with Crippen molar-refractivity contribution in [2.24, 2.45) is 11.3 Å². The standard InChI is InChI=1S/C17H22F2N2O2/c1-15(2)10-16(7-13(8-20)14(15)22)11-21(3-4-23-16)9-12-5-17(18,19)6-12/h7,12H,3-6,9-11H2,1-2H3. The van der Waals surface area contributed by atoms with Gasteiger partial charge in [-0.25, -0.2) is 8.78 Å². The van der Waals surface area contributed by atoms with Gasteiger partial charge in [0.15, 0.2) is 5.78 Å². The van der Waals surface area contributed by atoms with E-state index >= 15 is 0 Å². The summed E-state index contributed by atoms with van der Waals surface area (Å²) in [5.74, 6) is -2.62. The van der Waals surface area contributed by atoms with Gasteiger partial charge < -0.3 is 4.74 Å². The molecular weight excluding hydrogens is 302 g/mol. The van der Waals surface area contributed by atoms with Gasteiger partial charge in [-0.2, -0.15) is 5.26 Å². The normalized spacial score (nSPS) is 33.9. The molecule has 3 aliphatic rings. The van der Waals surface area contributed by atoms with Gasteiger partial charge in [0.05, 0.1) is 12.2 Å². The molecule has 1 atom stereocenters. The number of allylic oxidation sites excluding steroid dienone is 1. The van der Waals surface area contributed by atoms with E-state index in [1.54, 1.807) is 6.08 Å². The molecule has 1 spiro atoms. The summed E-state index contributed by atoms with van der Waals surface area (Å²) in [6.07, 6.45) is 2.09. The summed E-state index contributed by atoms with van der Waals surface area (Å²) in [6, 6.07) is 1.98. The smallest absolute Gasteiger partial charge is 0.248 e. The van der Waals surface area contributed by atoms with Crippen molar-refractivity contribution in [2.45, 2.75) is 44.6 Å². The van der Waals surface area contributed by atoms with E-state index in [0.29, 0.717) is 32.7 Å². The Kier molecular flexibility index (Phi) is 3.85. The van der Waals surface area contributed by atoms with E-state index in [-0.39, 0.29) is 30.1 Å². The molecule has 2 fully saturated rings. The monoisotopic (exact) mass is 324 g/mol. The van der Waals surface area contributed by atoms with Crippen LogP contribution in [0.1, 0.15) is 33.1 Å². The first-order valence-electron chi connectivity index (χ1n) is 8.07. The zero-order valence-electron chi connectivity index (χ0n) is 13.6. The van der Waals surface area contributed by atoms with Crippen molar-refractivity contribution in [2.75, 3.05) is 26.2 Å². The molecule has 1 saturated heterocycles. The first-order valence-corrected chi connectivity index (χ1v) is 8.07. The Morgan fingerprint density at radius 1 is 1.43 bits per heavy atom. The van der Waals surface area contributed by atoms with Gasteiger partial charge in [0.2, 0.25) is 5.92 Å². The van der Waals surface area contributed by atoms with Crippen molar-refractivity contribution in [3.8, 4) is 6.07 Å². The number of ketones is 1. The second-order valence-corrected chi connectivity index (χ2v) is 7.84. The summed E-state index contributed by atoms with van der Waals surface area (Å²) in [4.78, 5) is 14.4. The van der Waals surface area contributed by atoms with Crippen LogP contribution in [0.5, 0.6) is 0 Å². The molecule has 0 amide bonds. The largest absolute Gasteiger partial charge is 0.368 e.